The number of nitriles is 1. The van der Waals surface area contributed by atoms with Crippen LogP contribution in [0.15, 0.2) is 42.5 Å². The molecule has 0 heterocycles. The molecule has 0 aromatic heterocycles. The van der Waals surface area contributed by atoms with E-state index in [2.05, 4.69) is 5.32 Å². The van der Waals surface area contributed by atoms with Crippen LogP contribution in [0.2, 0.25) is 10.0 Å². The van der Waals surface area contributed by atoms with E-state index in [-0.39, 0.29) is 24.9 Å². The summed E-state index contributed by atoms with van der Waals surface area (Å²) in [4.78, 5) is 25.5. The van der Waals surface area contributed by atoms with E-state index < -0.39 is 0 Å². The number of nitrogens with zero attached hydrogens (tertiary/aromatic N) is 2. The Bertz CT molecular complexity index is 846. The summed E-state index contributed by atoms with van der Waals surface area (Å²) in [7, 11) is 0. The molecule has 2 aromatic rings. The second kappa shape index (κ2) is 8.52. The van der Waals surface area contributed by atoms with Crippen molar-refractivity contribution in [2.24, 2.45) is 0 Å². The third kappa shape index (κ3) is 4.96. The molecular weight excluding hydrogens is 361 g/mol. The molecule has 2 amide bonds. The van der Waals surface area contributed by atoms with Crippen LogP contribution in [-0.2, 0) is 4.79 Å². The van der Waals surface area contributed by atoms with Gasteiger partial charge in [-0.2, -0.15) is 5.26 Å². The number of halogens is 2. The topological polar surface area (TPSA) is 73.2 Å². The van der Waals surface area contributed by atoms with Gasteiger partial charge in [0.05, 0.1) is 21.7 Å². The van der Waals surface area contributed by atoms with Crippen LogP contribution in [0.25, 0.3) is 0 Å². The molecule has 0 aliphatic rings. The highest BCUT2D eigenvalue weighted by Gasteiger charge is 2.13. The Kier molecular flexibility index (Phi) is 6.40. The van der Waals surface area contributed by atoms with E-state index in [1.807, 2.05) is 6.07 Å². The zero-order valence-corrected chi connectivity index (χ0v) is 14.9. The Labute approximate surface area is 155 Å². The molecule has 1 N–H and O–H groups in total. The van der Waals surface area contributed by atoms with Crippen LogP contribution in [0.5, 0.6) is 0 Å². The summed E-state index contributed by atoms with van der Waals surface area (Å²) < 4.78 is 0. The van der Waals surface area contributed by atoms with E-state index in [4.69, 9.17) is 28.5 Å². The number of benzene rings is 2. The normalized spacial score (nSPS) is 10.0. The number of amides is 2. The maximum absolute atomic E-state index is 12.1. The first kappa shape index (κ1) is 18.8. The van der Waals surface area contributed by atoms with Crippen LogP contribution in [0.3, 0.4) is 0 Å². The minimum absolute atomic E-state index is 0.182. The molecule has 0 atom stereocenters. The molecule has 0 unspecified atom stereocenters. The molecule has 2 rings (SSSR count). The van der Waals surface area contributed by atoms with Crippen molar-refractivity contribution in [1.29, 1.82) is 5.26 Å². The van der Waals surface area contributed by atoms with Gasteiger partial charge in [0.15, 0.2) is 0 Å². The van der Waals surface area contributed by atoms with Crippen LogP contribution in [0.4, 0.5) is 5.69 Å². The first-order chi connectivity index (χ1) is 11.9. The van der Waals surface area contributed by atoms with Crippen molar-refractivity contribution in [3.05, 3.63) is 63.6 Å². The Morgan fingerprint density at radius 1 is 1.16 bits per heavy atom. The summed E-state index contributed by atoms with van der Waals surface area (Å²) in [5.74, 6) is -0.494. The lowest BCUT2D eigenvalue weighted by molar-refractivity contribution is -0.116. The lowest BCUT2D eigenvalue weighted by Crippen LogP contribution is -2.37. The number of hydrogen-bond donors (Lipinski definition) is 1. The SMILES string of the molecule is CC(=O)N(CCNC(=O)c1ccc(Cl)c(Cl)c1)c1cccc(C#N)c1. The maximum atomic E-state index is 12.1. The van der Waals surface area contributed by atoms with Gasteiger partial charge in [0, 0.05) is 31.3 Å². The van der Waals surface area contributed by atoms with Gasteiger partial charge in [-0.15, -0.1) is 0 Å². The number of anilines is 1. The first-order valence-electron chi connectivity index (χ1n) is 7.44. The summed E-state index contributed by atoms with van der Waals surface area (Å²) in [6.45, 7) is 1.95. The number of nitrogens with one attached hydrogen (secondary N) is 1. The van der Waals surface area contributed by atoms with E-state index in [1.165, 1.54) is 17.9 Å². The fourth-order valence-corrected chi connectivity index (χ4v) is 2.53. The fraction of sp³-hybridized carbons (Fsp3) is 0.167. The number of carbonyl (C=O) groups excluding carboxylic acids is 2. The van der Waals surface area contributed by atoms with Gasteiger partial charge in [0.25, 0.3) is 5.91 Å². The van der Waals surface area contributed by atoms with Crippen molar-refractivity contribution in [2.75, 3.05) is 18.0 Å². The zero-order chi connectivity index (χ0) is 18.4. The van der Waals surface area contributed by atoms with E-state index in [1.54, 1.807) is 36.4 Å². The van der Waals surface area contributed by atoms with E-state index in [0.717, 1.165) is 0 Å². The van der Waals surface area contributed by atoms with Gasteiger partial charge in [-0.1, -0.05) is 29.3 Å². The molecule has 2 aromatic carbocycles. The van der Waals surface area contributed by atoms with Gasteiger partial charge in [-0.25, -0.2) is 0 Å². The largest absolute Gasteiger partial charge is 0.350 e. The van der Waals surface area contributed by atoms with Crippen molar-refractivity contribution in [2.45, 2.75) is 6.92 Å². The standard InChI is InChI=1S/C18H15Cl2N3O2/c1-12(24)23(15-4-2-3-13(9-15)11-21)8-7-22-18(25)14-5-6-16(19)17(20)10-14/h2-6,9-10H,7-8H2,1H3,(H,22,25). The fourth-order valence-electron chi connectivity index (χ4n) is 2.23. The second-order valence-corrected chi connectivity index (χ2v) is 6.03. The Hall–Kier alpha value is -2.55. The van der Waals surface area contributed by atoms with Crippen molar-refractivity contribution in [3.8, 4) is 6.07 Å². The Balaban J connectivity index is 2.02. The van der Waals surface area contributed by atoms with E-state index in [0.29, 0.717) is 26.9 Å². The Morgan fingerprint density at radius 3 is 2.56 bits per heavy atom. The van der Waals surface area contributed by atoms with Crippen molar-refractivity contribution in [1.82, 2.24) is 5.32 Å². The van der Waals surface area contributed by atoms with Crippen LogP contribution in [-0.4, -0.2) is 24.9 Å². The Morgan fingerprint density at radius 2 is 1.92 bits per heavy atom. The lowest BCUT2D eigenvalue weighted by atomic mass is 10.2. The highest BCUT2D eigenvalue weighted by molar-refractivity contribution is 6.42. The van der Waals surface area contributed by atoms with Crippen molar-refractivity contribution < 1.29 is 9.59 Å². The third-order valence-electron chi connectivity index (χ3n) is 3.47. The summed E-state index contributed by atoms with van der Waals surface area (Å²) >= 11 is 11.7. The average molecular weight is 376 g/mol. The molecule has 5 nitrogen and oxygen atoms in total. The molecule has 0 saturated heterocycles. The van der Waals surface area contributed by atoms with Crippen LogP contribution in [0.1, 0.15) is 22.8 Å². The maximum Gasteiger partial charge on any atom is 0.251 e. The van der Waals surface area contributed by atoms with Crippen LogP contribution >= 0.6 is 23.2 Å². The number of hydrogen-bond acceptors (Lipinski definition) is 3. The minimum Gasteiger partial charge on any atom is -0.350 e. The predicted molar refractivity (Wildman–Crippen MR) is 98.0 cm³/mol. The summed E-state index contributed by atoms with van der Waals surface area (Å²) in [6.07, 6.45) is 0. The third-order valence-corrected chi connectivity index (χ3v) is 4.21. The van der Waals surface area contributed by atoms with Crippen LogP contribution < -0.4 is 10.2 Å². The molecule has 7 heteroatoms. The molecule has 0 bridgehead atoms. The van der Waals surface area contributed by atoms with Crippen LogP contribution in [0, 0.1) is 11.3 Å². The van der Waals surface area contributed by atoms with E-state index in [9.17, 15) is 9.59 Å². The summed E-state index contributed by atoms with van der Waals surface area (Å²) in [6, 6.07) is 13.4. The molecular formula is C18H15Cl2N3O2. The minimum atomic E-state index is -0.312. The van der Waals surface area contributed by atoms with Crippen molar-refractivity contribution in [3.63, 3.8) is 0 Å². The molecule has 25 heavy (non-hydrogen) atoms. The molecule has 0 fully saturated rings. The van der Waals surface area contributed by atoms with Crippen molar-refractivity contribution >= 4 is 40.7 Å². The molecule has 128 valence electrons. The van der Waals surface area contributed by atoms with Gasteiger partial charge in [0.2, 0.25) is 5.91 Å². The van der Waals surface area contributed by atoms with Gasteiger partial charge in [-0.05, 0) is 36.4 Å². The molecule has 0 radical (unpaired) electrons. The smallest absolute Gasteiger partial charge is 0.251 e. The first-order valence-corrected chi connectivity index (χ1v) is 8.19. The lowest BCUT2D eigenvalue weighted by Gasteiger charge is -2.21. The quantitative estimate of drug-likeness (QED) is 0.866. The monoisotopic (exact) mass is 375 g/mol. The van der Waals surface area contributed by atoms with Gasteiger partial charge < -0.3 is 10.2 Å². The average Bonchev–Trinajstić information content (AvgIpc) is 2.60. The number of rotatable bonds is 5. The molecule has 0 aliphatic carbocycles. The molecule has 0 saturated carbocycles. The highest BCUT2D eigenvalue weighted by atomic mass is 35.5. The van der Waals surface area contributed by atoms with E-state index >= 15 is 0 Å². The highest BCUT2D eigenvalue weighted by Crippen LogP contribution is 2.22. The predicted octanol–water partition coefficient (Wildman–Crippen LogP) is 3.65. The number of carbonyl (C=O) groups is 2. The van der Waals surface area contributed by atoms with Gasteiger partial charge >= 0.3 is 0 Å². The zero-order valence-electron chi connectivity index (χ0n) is 13.4. The second-order valence-electron chi connectivity index (χ2n) is 5.22. The van der Waals surface area contributed by atoms with Gasteiger partial charge in [0.1, 0.15) is 0 Å². The molecule has 0 aliphatic heterocycles. The molecule has 0 spiro atoms. The summed E-state index contributed by atoms with van der Waals surface area (Å²) in [5, 5.41) is 12.4. The summed E-state index contributed by atoms with van der Waals surface area (Å²) in [5.41, 5.74) is 1.45. The van der Waals surface area contributed by atoms with Gasteiger partial charge in [-0.3, -0.25) is 9.59 Å².